The molecule has 1 amide bonds. The van der Waals surface area contributed by atoms with E-state index in [0.717, 1.165) is 0 Å². The van der Waals surface area contributed by atoms with Crippen molar-refractivity contribution in [3.05, 3.63) is 84.1 Å². The summed E-state index contributed by atoms with van der Waals surface area (Å²) in [7, 11) is 0. The average Bonchev–Trinajstić information content (AvgIpc) is 3.30. The van der Waals surface area contributed by atoms with Crippen LogP contribution in [0, 0.1) is 0 Å². The van der Waals surface area contributed by atoms with Gasteiger partial charge in [0.05, 0.1) is 12.4 Å². The summed E-state index contributed by atoms with van der Waals surface area (Å²) < 4.78 is 1.92. The Labute approximate surface area is 167 Å². The first-order chi connectivity index (χ1) is 14.0. The van der Waals surface area contributed by atoms with Crippen molar-refractivity contribution in [3.8, 4) is 11.5 Å². The molecule has 7 nitrogen and oxygen atoms in total. The number of hydrogen-bond donors (Lipinski definition) is 3. The van der Waals surface area contributed by atoms with Crippen LogP contribution in [-0.2, 0) is 11.3 Å². The predicted octanol–water partition coefficient (Wildman–Crippen LogP) is 3.24. The number of carbonyl (C=O) groups is 1. The minimum Gasteiger partial charge on any atom is -0.508 e. The summed E-state index contributed by atoms with van der Waals surface area (Å²) in [5.41, 5.74) is 1.66. The summed E-state index contributed by atoms with van der Waals surface area (Å²) in [6, 6.07) is 12.5. The molecule has 1 aliphatic rings. The molecule has 4 rings (SSSR count). The van der Waals surface area contributed by atoms with E-state index < -0.39 is 11.9 Å². The summed E-state index contributed by atoms with van der Waals surface area (Å²) in [5, 5.41) is 30.5. The highest BCUT2D eigenvalue weighted by molar-refractivity contribution is 6.05. The van der Waals surface area contributed by atoms with Crippen LogP contribution in [0.2, 0.25) is 0 Å². The van der Waals surface area contributed by atoms with Crippen LogP contribution < -0.4 is 0 Å². The molecule has 0 aliphatic carbocycles. The smallest absolute Gasteiger partial charge is 0.289 e. The minimum atomic E-state index is -0.570. The number of amides is 1. The van der Waals surface area contributed by atoms with Gasteiger partial charge in [0.1, 0.15) is 11.5 Å². The predicted molar refractivity (Wildman–Crippen MR) is 107 cm³/mol. The van der Waals surface area contributed by atoms with Gasteiger partial charge in [-0.1, -0.05) is 24.3 Å². The standard InChI is InChI=1S/C22H21N3O4/c26-17-6-1-4-15(12-17)19-20(16-5-2-7-18(27)13-16)25(22(29)21(19)28)10-3-9-24-11-8-23-14-24/h1-2,4-8,11-14,20,26-28H,3,9-10H2. The van der Waals surface area contributed by atoms with E-state index in [2.05, 4.69) is 4.98 Å². The van der Waals surface area contributed by atoms with Crippen LogP contribution in [0.4, 0.5) is 0 Å². The normalized spacial score (nSPS) is 16.6. The lowest BCUT2D eigenvalue weighted by Crippen LogP contribution is -2.31. The Hall–Kier alpha value is -3.74. The number of rotatable bonds is 6. The molecule has 7 heteroatoms. The minimum absolute atomic E-state index is 0.0449. The summed E-state index contributed by atoms with van der Waals surface area (Å²) in [5.74, 6) is -0.688. The maximum absolute atomic E-state index is 12.9. The summed E-state index contributed by atoms with van der Waals surface area (Å²) >= 11 is 0. The van der Waals surface area contributed by atoms with Crippen LogP contribution in [0.25, 0.3) is 5.57 Å². The van der Waals surface area contributed by atoms with Crippen molar-refractivity contribution < 1.29 is 20.1 Å². The van der Waals surface area contributed by atoms with Crippen LogP contribution in [-0.4, -0.2) is 42.2 Å². The molecule has 1 atom stereocenters. The van der Waals surface area contributed by atoms with Crippen LogP contribution in [0.5, 0.6) is 11.5 Å². The third-order valence-corrected chi connectivity index (χ3v) is 5.02. The van der Waals surface area contributed by atoms with Gasteiger partial charge in [0.15, 0.2) is 5.76 Å². The highest BCUT2D eigenvalue weighted by atomic mass is 16.3. The summed E-state index contributed by atoms with van der Waals surface area (Å²) in [4.78, 5) is 18.5. The first-order valence-corrected chi connectivity index (χ1v) is 9.33. The Kier molecular flexibility index (Phi) is 4.95. The second-order valence-corrected chi connectivity index (χ2v) is 6.96. The molecule has 2 aromatic carbocycles. The van der Waals surface area contributed by atoms with Gasteiger partial charge in [-0.2, -0.15) is 0 Å². The van der Waals surface area contributed by atoms with Crippen LogP contribution in [0.3, 0.4) is 0 Å². The van der Waals surface area contributed by atoms with Gasteiger partial charge in [-0.15, -0.1) is 0 Å². The molecule has 148 valence electrons. The third kappa shape index (κ3) is 3.67. The third-order valence-electron chi connectivity index (χ3n) is 5.02. The monoisotopic (exact) mass is 391 g/mol. The number of aliphatic hydroxyl groups is 1. The second-order valence-electron chi connectivity index (χ2n) is 6.96. The Bertz CT molecular complexity index is 1060. The lowest BCUT2D eigenvalue weighted by atomic mass is 9.93. The van der Waals surface area contributed by atoms with E-state index in [0.29, 0.717) is 36.2 Å². The number of aliphatic hydroxyl groups excluding tert-OH is 1. The van der Waals surface area contributed by atoms with Crippen molar-refractivity contribution in [2.45, 2.75) is 19.0 Å². The zero-order valence-corrected chi connectivity index (χ0v) is 15.6. The largest absolute Gasteiger partial charge is 0.508 e. The van der Waals surface area contributed by atoms with Crippen molar-refractivity contribution in [2.75, 3.05) is 6.54 Å². The van der Waals surface area contributed by atoms with Gasteiger partial charge < -0.3 is 24.8 Å². The zero-order valence-electron chi connectivity index (χ0n) is 15.6. The maximum atomic E-state index is 12.9. The number of imidazole rings is 1. The van der Waals surface area contributed by atoms with E-state index in [4.69, 9.17) is 0 Å². The molecule has 0 spiro atoms. The van der Waals surface area contributed by atoms with Gasteiger partial charge in [0, 0.05) is 31.1 Å². The molecule has 1 aromatic heterocycles. The molecule has 3 aromatic rings. The van der Waals surface area contributed by atoms with E-state index in [-0.39, 0.29) is 17.3 Å². The number of aryl methyl sites for hydroxylation is 1. The Morgan fingerprint density at radius 1 is 0.966 bits per heavy atom. The molecule has 0 bridgehead atoms. The highest BCUT2D eigenvalue weighted by Crippen LogP contribution is 2.44. The highest BCUT2D eigenvalue weighted by Gasteiger charge is 2.40. The molecular formula is C22H21N3O4. The van der Waals surface area contributed by atoms with Crippen molar-refractivity contribution in [1.82, 2.24) is 14.5 Å². The van der Waals surface area contributed by atoms with Gasteiger partial charge in [0.2, 0.25) is 0 Å². The van der Waals surface area contributed by atoms with Gasteiger partial charge in [-0.05, 0) is 41.8 Å². The summed E-state index contributed by atoms with van der Waals surface area (Å²) in [6.45, 7) is 1.09. The van der Waals surface area contributed by atoms with Gasteiger partial charge >= 0.3 is 0 Å². The molecule has 0 saturated heterocycles. The molecule has 3 N–H and O–H groups in total. The number of aromatic nitrogens is 2. The van der Waals surface area contributed by atoms with Gasteiger partial charge in [-0.25, -0.2) is 4.98 Å². The number of carbonyl (C=O) groups excluding carboxylic acids is 1. The SMILES string of the molecule is O=C1C(O)=C(c2cccc(O)c2)C(c2cccc(O)c2)N1CCCn1ccnc1. The molecular weight excluding hydrogens is 370 g/mol. The van der Waals surface area contributed by atoms with E-state index >= 15 is 0 Å². The van der Waals surface area contributed by atoms with Crippen molar-refractivity contribution in [3.63, 3.8) is 0 Å². The maximum Gasteiger partial charge on any atom is 0.289 e. The zero-order chi connectivity index (χ0) is 20.4. The molecule has 0 fully saturated rings. The average molecular weight is 391 g/mol. The fraction of sp³-hybridized carbons (Fsp3) is 0.182. The van der Waals surface area contributed by atoms with Crippen LogP contribution in [0.1, 0.15) is 23.6 Å². The molecule has 29 heavy (non-hydrogen) atoms. The molecule has 1 aliphatic heterocycles. The fourth-order valence-corrected chi connectivity index (χ4v) is 3.74. The van der Waals surface area contributed by atoms with E-state index in [9.17, 15) is 20.1 Å². The quantitative estimate of drug-likeness (QED) is 0.599. The number of nitrogens with zero attached hydrogens (tertiary/aromatic N) is 3. The van der Waals surface area contributed by atoms with Gasteiger partial charge in [-0.3, -0.25) is 4.79 Å². The van der Waals surface area contributed by atoms with Crippen molar-refractivity contribution in [1.29, 1.82) is 0 Å². The van der Waals surface area contributed by atoms with E-state index in [1.165, 1.54) is 12.1 Å². The Morgan fingerprint density at radius 2 is 1.72 bits per heavy atom. The van der Waals surface area contributed by atoms with E-state index in [1.807, 2.05) is 16.8 Å². The topological polar surface area (TPSA) is 98.8 Å². The number of benzene rings is 2. The lowest BCUT2D eigenvalue weighted by molar-refractivity contribution is -0.129. The van der Waals surface area contributed by atoms with Crippen LogP contribution >= 0.6 is 0 Å². The Morgan fingerprint density at radius 3 is 2.41 bits per heavy atom. The molecule has 2 heterocycles. The number of phenolic OH excluding ortho intramolecular Hbond substituents is 2. The molecule has 0 radical (unpaired) electrons. The van der Waals surface area contributed by atoms with Gasteiger partial charge in [0.25, 0.3) is 5.91 Å². The first kappa shape index (κ1) is 18.6. The first-order valence-electron chi connectivity index (χ1n) is 9.33. The number of aromatic hydroxyl groups is 2. The molecule has 0 saturated carbocycles. The number of hydrogen-bond acceptors (Lipinski definition) is 5. The van der Waals surface area contributed by atoms with E-state index in [1.54, 1.807) is 47.8 Å². The van der Waals surface area contributed by atoms with Crippen molar-refractivity contribution >= 4 is 11.5 Å². The molecule has 1 unspecified atom stereocenters. The number of phenols is 2. The fourth-order valence-electron chi connectivity index (χ4n) is 3.74. The van der Waals surface area contributed by atoms with Crippen LogP contribution in [0.15, 0.2) is 73.0 Å². The van der Waals surface area contributed by atoms with Crippen molar-refractivity contribution in [2.24, 2.45) is 0 Å². The summed E-state index contributed by atoms with van der Waals surface area (Å²) in [6.07, 6.45) is 5.93. The second kappa shape index (κ2) is 7.71. The Balaban J connectivity index is 1.70. The lowest BCUT2D eigenvalue weighted by Gasteiger charge is -2.27.